The van der Waals surface area contributed by atoms with Crippen molar-refractivity contribution in [1.29, 1.82) is 0 Å². The molecular formula is C20H21FN4O. The van der Waals surface area contributed by atoms with Gasteiger partial charge in [0.15, 0.2) is 0 Å². The number of fused-ring (bicyclic) bond motifs is 1. The summed E-state index contributed by atoms with van der Waals surface area (Å²) in [6.45, 7) is 3.88. The van der Waals surface area contributed by atoms with Crippen LogP contribution >= 0.6 is 0 Å². The molecule has 2 aromatic rings. The minimum atomic E-state index is -0.776. The lowest BCUT2D eigenvalue weighted by Crippen LogP contribution is -2.21. The number of anilines is 1. The van der Waals surface area contributed by atoms with Gasteiger partial charge in [-0.05, 0) is 43.9 Å². The van der Waals surface area contributed by atoms with Crippen LogP contribution in [0.5, 0.6) is 5.75 Å². The Balaban J connectivity index is 1.44. The Kier molecular flexibility index (Phi) is 3.48. The van der Waals surface area contributed by atoms with Gasteiger partial charge in [-0.2, -0.15) is 0 Å². The zero-order valence-electron chi connectivity index (χ0n) is 14.8. The van der Waals surface area contributed by atoms with Crippen molar-refractivity contribution in [3.8, 4) is 5.75 Å². The minimum absolute atomic E-state index is 0.00903. The molecule has 2 aliphatic heterocycles. The molecule has 26 heavy (non-hydrogen) atoms. The van der Waals surface area contributed by atoms with Gasteiger partial charge in [0.2, 0.25) is 0 Å². The Bertz CT molecular complexity index is 893. The third-order valence-corrected chi connectivity index (χ3v) is 5.41. The summed E-state index contributed by atoms with van der Waals surface area (Å²) in [4.78, 5) is 15.4. The van der Waals surface area contributed by atoms with E-state index >= 15 is 0 Å². The highest BCUT2D eigenvalue weighted by molar-refractivity contribution is 6.14. The van der Waals surface area contributed by atoms with Crippen molar-refractivity contribution in [1.82, 2.24) is 9.97 Å². The van der Waals surface area contributed by atoms with E-state index in [1.54, 1.807) is 6.33 Å². The van der Waals surface area contributed by atoms with Gasteiger partial charge < -0.3 is 9.64 Å². The summed E-state index contributed by atoms with van der Waals surface area (Å²) in [5, 5.41) is 0. The lowest BCUT2D eigenvalue weighted by Gasteiger charge is -2.17. The molecular weight excluding hydrogens is 331 g/mol. The first-order valence-electron chi connectivity index (χ1n) is 9.18. The summed E-state index contributed by atoms with van der Waals surface area (Å²) in [5.41, 5.74) is 3.89. The Morgan fingerprint density at radius 2 is 2.12 bits per heavy atom. The number of hydrogen-bond donors (Lipinski definition) is 0. The summed E-state index contributed by atoms with van der Waals surface area (Å²) in [6, 6.07) is 8.10. The third-order valence-electron chi connectivity index (χ3n) is 5.41. The first kappa shape index (κ1) is 15.7. The molecule has 1 saturated carbocycles. The zero-order valence-corrected chi connectivity index (χ0v) is 14.8. The van der Waals surface area contributed by atoms with Crippen LogP contribution in [0.3, 0.4) is 0 Å². The van der Waals surface area contributed by atoms with E-state index < -0.39 is 6.17 Å². The van der Waals surface area contributed by atoms with Crippen LogP contribution in [-0.2, 0) is 6.54 Å². The second kappa shape index (κ2) is 5.76. The highest BCUT2D eigenvalue weighted by Crippen LogP contribution is 2.40. The van der Waals surface area contributed by atoms with Gasteiger partial charge >= 0.3 is 0 Å². The van der Waals surface area contributed by atoms with Gasteiger partial charge in [-0.25, -0.2) is 14.4 Å². The number of halogens is 1. The Hall–Kier alpha value is -2.50. The zero-order chi connectivity index (χ0) is 17.7. The van der Waals surface area contributed by atoms with Crippen LogP contribution in [0.1, 0.15) is 43.0 Å². The van der Waals surface area contributed by atoms with E-state index in [0.717, 1.165) is 41.4 Å². The lowest BCUT2D eigenvalue weighted by atomic mass is 10.0. The van der Waals surface area contributed by atoms with Crippen LogP contribution in [0.2, 0.25) is 0 Å². The molecule has 3 heterocycles. The SMILES string of the molecule is CC1(Oc2ccc3c(c2)C(c2cc(N4CC[C@H](F)C4)ncn2)=NC3)CC1. The fraction of sp³-hybridized carbons (Fsp3) is 0.450. The van der Waals surface area contributed by atoms with E-state index in [2.05, 4.69) is 34.0 Å². The highest BCUT2D eigenvalue weighted by Gasteiger charge is 2.40. The average molecular weight is 352 g/mol. The van der Waals surface area contributed by atoms with Crippen molar-refractivity contribution >= 4 is 11.5 Å². The molecule has 1 saturated heterocycles. The summed E-state index contributed by atoms with van der Waals surface area (Å²) in [5.74, 6) is 1.65. The Morgan fingerprint density at radius 3 is 2.88 bits per heavy atom. The molecule has 5 rings (SSSR count). The highest BCUT2D eigenvalue weighted by atomic mass is 19.1. The molecule has 3 aliphatic rings. The predicted molar refractivity (Wildman–Crippen MR) is 97.8 cm³/mol. The predicted octanol–water partition coefficient (Wildman–Crippen LogP) is 3.31. The molecule has 5 nitrogen and oxygen atoms in total. The molecule has 0 unspecified atom stereocenters. The molecule has 1 aromatic heterocycles. The number of ether oxygens (including phenoxy) is 1. The average Bonchev–Trinajstić information content (AvgIpc) is 3.05. The maximum Gasteiger partial charge on any atom is 0.132 e. The van der Waals surface area contributed by atoms with E-state index in [1.807, 2.05) is 17.0 Å². The number of rotatable bonds is 4. The first-order chi connectivity index (χ1) is 12.6. The lowest BCUT2D eigenvalue weighted by molar-refractivity contribution is 0.200. The van der Waals surface area contributed by atoms with Crippen LogP contribution in [0.15, 0.2) is 35.6 Å². The molecule has 6 heteroatoms. The van der Waals surface area contributed by atoms with Crippen molar-refractivity contribution in [2.24, 2.45) is 4.99 Å². The number of nitrogens with zero attached hydrogens (tertiary/aromatic N) is 4. The minimum Gasteiger partial charge on any atom is -0.488 e. The van der Waals surface area contributed by atoms with Crippen LogP contribution in [0.4, 0.5) is 10.2 Å². The Labute approximate surface area is 151 Å². The monoisotopic (exact) mass is 352 g/mol. The maximum atomic E-state index is 13.5. The molecule has 1 aliphatic carbocycles. The van der Waals surface area contributed by atoms with Crippen molar-refractivity contribution < 1.29 is 9.13 Å². The van der Waals surface area contributed by atoms with Gasteiger partial charge in [0.1, 0.15) is 29.7 Å². The molecule has 0 radical (unpaired) electrons. The van der Waals surface area contributed by atoms with E-state index in [9.17, 15) is 4.39 Å². The topological polar surface area (TPSA) is 50.6 Å². The van der Waals surface area contributed by atoms with E-state index in [0.29, 0.717) is 26.1 Å². The van der Waals surface area contributed by atoms with E-state index in [-0.39, 0.29) is 5.60 Å². The number of hydrogen-bond acceptors (Lipinski definition) is 5. The quantitative estimate of drug-likeness (QED) is 0.847. The number of aromatic nitrogens is 2. The molecule has 1 atom stereocenters. The van der Waals surface area contributed by atoms with Crippen LogP contribution in [0.25, 0.3) is 0 Å². The van der Waals surface area contributed by atoms with Crippen molar-refractivity contribution in [3.05, 3.63) is 47.4 Å². The number of aliphatic imine (C=N–C) groups is 1. The summed E-state index contributed by atoms with van der Waals surface area (Å²) in [6.07, 6.45) is 3.53. The van der Waals surface area contributed by atoms with Crippen LogP contribution < -0.4 is 9.64 Å². The van der Waals surface area contributed by atoms with Crippen molar-refractivity contribution in [2.75, 3.05) is 18.0 Å². The summed E-state index contributed by atoms with van der Waals surface area (Å²) >= 11 is 0. The Morgan fingerprint density at radius 1 is 1.23 bits per heavy atom. The van der Waals surface area contributed by atoms with Crippen molar-refractivity contribution in [3.63, 3.8) is 0 Å². The van der Waals surface area contributed by atoms with Gasteiger partial charge in [0, 0.05) is 18.2 Å². The van der Waals surface area contributed by atoms with E-state index in [4.69, 9.17) is 4.74 Å². The molecule has 0 bridgehead atoms. The smallest absolute Gasteiger partial charge is 0.132 e. The largest absolute Gasteiger partial charge is 0.488 e. The van der Waals surface area contributed by atoms with Gasteiger partial charge in [0.25, 0.3) is 0 Å². The molecule has 0 amide bonds. The van der Waals surface area contributed by atoms with E-state index in [1.165, 1.54) is 5.56 Å². The van der Waals surface area contributed by atoms with Gasteiger partial charge in [-0.3, -0.25) is 4.99 Å². The fourth-order valence-corrected chi connectivity index (χ4v) is 3.58. The molecule has 2 fully saturated rings. The maximum absolute atomic E-state index is 13.5. The number of alkyl halides is 1. The van der Waals surface area contributed by atoms with Gasteiger partial charge in [-0.15, -0.1) is 0 Å². The second-order valence-corrected chi connectivity index (χ2v) is 7.63. The summed E-state index contributed by atoms with van der Waals surface area (Å²) < 4.78 is 19.6. The first-order valence-corrected chi connectivity index (χ1v) is 9.18. The standard InChI is InChI=1S/C20H21FN4O/c1-20(5-6-20)26-15-3-2-13-10-22-19(16(13)8-15)17-9-18(24-12-23-17)25-7-4-14(21)11-25/h2-3,8-9,12,14H,4-7,10-11H2,1H3/t14-/m0/s1. The fourth-order valence-electron chi connectivity index (χ4n) is 3.58. The second-order valence-electron chi connectivity index (χ2n) is 7.63. The third kappa shape index (κ3) is 2.83. The molecule has 134 valence electrons. The summed E-state index contributed by atoms with van der Waals surface area (Å²) in [7, 11) is 0. The number of benzene rings is 1. The van der Waals surface area contributed by atoms with Crippen LogP contribution in [0, 0.1) is 0 Å². The molecule has 0 spiro atoms. The van der Waals surface area contributed by atoms with Crippen molar-refractivity contribution in [2.45, 2.75) is 44.5 Å². The normalized spacial score (nSPS) is 22.9. The van der Waals surface area contributed by atoms with Gasteiger partial charge in [0.05, 0.1) is 24.5 Å². The van der Waals surface area contributed by atoms with Crippen LogP contribution in [-0.4, -0.2) is 40.5 Å². The molecule has 1 aromatic carbocycles. The van der Waals surface area contributed by atoms with Gasteiger partial charge in [-0.1, -0.05) is 6.07 Å². The molecule has 0 N–H and O–H groups in total.